The second-order valence-electron chi connectivity index (χ2n) is 11.9. The lowest BCUT2D eigenvalue weighted by Gasteiger charge is -2.29. The van der Waals surface area contributed by atoms with Crippen LogP contribution in [0.1, 0.15) is 52.3 Å². The molecule has 0 aliphatic carbocycles. The summed E-state index contributed by atoms with van der Waals surface area (Å²) in [5.74, 6) is -0.655. The zero-order valence-electron chi connectivity index (χ0n) is 26.0. The van der Waals surface area contributed by atoms with E-state index in [0.717, 1.165) is 5.56 Å². The normalized spacial score (nSPS) is 14.4. The van der Waals surface area contributed by atoms with Crippen LogP contribution in [-0.2, 0) is 34.2 Å². The number of amides is 3. The number of nitrogens with zero attached hydrogens (tertiary/aromatic N) is 5. The average molecular weight is 630 g/mol. The Morgan fingerprint density at radius 2 is 1.73 bits per heavy atom. The second-order valence-corrected chi connectivity index (χ2v) is 12.9. The monoisotopic (exact) mass is 629 g/mol. The number of ether oxygens (including phenoxy) is 1. The lowest BCUT2D eigenvalue weighted by molar-refractivity contribution is -0.130. The highest BCUT2D eigenvalue weighted by Gasteiger charge is 2.31. The number of nitrogens with one attached hydrogen (secondary N) is 4. The van der Waals surface area contributed by atoms with Crippen molar-refractivity contribution in [1.29, 1.82) is 0 Å². The number of carbonyl (C=O) groups is 3. The number of aryl methyl sites for hydroxylation is 1. The smallest absolute Gasteiger partial charge is 0.408 e. The highest BCUT2D eigenvalue weighted by molar-refractivity contribution is 7.99. The summed E-state index contributed by atoms with van der Waals surface area (Å²) in [6.07, 6.45) is 2.15. The van der Waals surface area contributed by atoms with Gasteiger partial charge in [0.05, 0.1) is 18.5 Å². The molecule has 44 heavy (non-hydrogen) atoms. The van der Waals surface area contributed by atoms with Gasteiger partial charge in [0.2, 0.25) is 17.0 Å². The molecule has 3 rings (SSSR count). The summed E-state index contributed by atoms with van der Waals surface area (Å²) in [6.45, 7) is 9.18. The Bertz CT molecular complexity index is 1330. The lowest BCUT2D eigenvalue weighted by atomic mass is 9.99. The van der Waals surface area contributed by atoms with Gasteiger partial charge in [0, 0.05) is 37.5 Å². The summed E-state index contributed by atoms with van der Waals surface area (Å²) in [4.78, 5) is 47.1. The number of rotatable bonds is 15. The Morgan fingerprint density at radius 1 is 1.05 bits per heavy atom. The third-order valence-corrected chi connectivity index (χ3v) is 7.50. The second kappa shape index (κ2) is 16.2. The predicted octanol–water partition coefficient (Wildman–Crippen LogP) is 1.78. The third kappa shape index (κ3) is 11.6. The predicted molar refractivity (Wildman–Crippen MR) is 164 cm³/mol. The van der Waals surface area contributed by atoms with Crippen LogP contribution >= 0.6 is 11.8 Å². The molecule has 0 fully saturated rings. The van der Waals surface area contributed by atoms with Crippen molar-refractivity contribution in [2.24, 2.45) is 13.0 Å². The first-order valence-electron chi connectivity index (χ1n) is 14.5. The molecule has 4 atom stereocenters. The number of aliphatic hydroxyl groups excluding tert-OH is 1. The zero-order chi connectivity index (χ0) is 32.3. The Hall–Kier alpha value is -3.98. The highest BCUT2D eigenvalue weighted by Crippen LogP contribution is 2.18. The SMILES string of the molecule is CC(C)C[C@H](NC(=O)[C@H](Cc1cnc[nH]1)NC(=O)[C@H](Cc1ccccc1)NC(=O)OC(C)(C)C)C(O)CSc1nnnn1C. The van der Waals surface area contributed by atoms with Gasteiger partial charge in [-0.1, -0.05) is 55.9 Å². The molecule has 3 amide bonds. The number of alkyl carbamates (subject to hydrolysis) is 1. The van der Waals surface area contributed by atoms with Crippen LogP contribution in [0.25, 0.3) is 0 Å². The van der Waals surface area contributed by atoms with Crippen molar-refractivity contribution in [1.82, 2.24) is 46.1 Å². The van der Waals surface area contributed by atoms with Crippen LogP contribution in [0.2, 0.25) is 0 Å². The van der Waals surface area contributed by atoms with Crippen molar-refractivity contribution in [2.75, 3.05) is 5.75 Å². The Labute approximate surface area is 261 Å². The number of thioether (sulfide) groups is 1. The van der Waals surface area contributed by atoms with Crippen LogP contribution in [0.3, 0.4) is 0 Å². The van der Waals surface area contributed by atoms with Gasteiger partial charge in [-0.2, -0.15) is 0 Å². The van der Waals surface area contributed by atoms with Crippen molar-refractivity contribution in [3.63, 3.8) is 0 Å². The van der Waals surface area contributed by atoms with E-state index >= 15 is 0 Å². The summed E-state index contributed by atoms with van der Waals surface area (Å²) in [6, 6.07) is 6.54. The number of hydrogen-bond acceptors (Lipinski definition) is 10. The van der Waals surface area contributed by atoms with E-state index in [-0.39, 0.29) is 24.5 Å². The fourth-order valence-electron chi connectivity index (χ4n) is 4.33. The van der Waals surface area contributed by atoms with E-state index < -0.39 is 47.7 Å². The maximum absolute atomic E-state index is 13.8. The van der Waals surface area contributed by atoms with Crippen LogP contribution in [0.15, 0.2) is 48.0 Å². The van der Waals surface area contributed by atoms with Gasteiger partial charge in [0.1, 0.15) is 17.7 Å². The lowest BCUT2D eigenvalue weighted by Crippen LogP contribution is -2.57. The van der Waals surface area contributed by atoms with Gasteiger partial charge < -0.3 is 30.8 Å². The maximum atomic E-state index is 13.8. The van der Waals surface area contributed by atoms with Crippen molar-refractivity contribution in [3.05, 3.63) is 54.1 Å². The number of H-pyrrole nitrogens is 1. The standard InChI is InChI=1S/C29H43N9O5S/c1-18(2)12-21(24(39)16-44-27-35-36-37-38(27)6)32-26(41)23(14-20-15-30-17-31-20)33-25(40)22(13-19-10-8-7-9-11-19)34-28(42)43-29(3,4)5/h7-11,15,17-18,21-24,39H,12-14,16H2,1-6H3,(H,30,31)(H,32,41)(H,33,40)(H,34,42)/t21-,22-,23-,24?/m0/s1. The highest BCUT2D eigenvalue weighted by atomic mass is 32.2. The molecule has 0 bridgehead atoms. The summed E-state index contributed by atoms with van der Waals surface area (Å²) in [7, 11) is 1.70. The molecule has 2 aromatic heterocycles. The molecule has 240 valence electrons. The van der Waals surface area contributed by atoms with Crippen molar-refractivity contribution >= 4 is 29.7 Å². The molecule has 0 radical (unpaired) electrons. The molecule has 2 heterocycles. The van der Waals surface area contributed by atoms with Crippen LogP contribution < -0.4 is 16.0 Å². The number of aromatic nitrogens is 6. The molecule has 5 N–H and O–H groups in total. The Balaban J connectivity index is 1.79. The van der Waals surface area contributed by atoms with E-state index in [2.05, 4.69) is 41.4 Å². The van der Waals surface area contributed by atoms with Gasteiger partial charge in [0.25, 0.3) is 0 Å². The van der Waals surface area contributed by atoms with E-state index in [4.69, 9.17) is 4.74 Å². The minimum Gasteiger partial charge on any atom is -0.444 e. The van der Waals surface area contributed by atoms with Crippen LogP contribution in [0, 0.1) is 5.92 Å². The van der Waals surface area contributed by atoms with Gasteiger partial charge in [0.15, 0.2) is 0 Å². The quantitative estimate of drug-likeness (QED) is 0.155. The minimum absolute atomic E-state index is 0.103. The van der Waals surface area contributed by atoms with E-state index in [9.17, 15) is 19.5 Å². The number of benzene rings is 1. The number of imidazole rings is 1. The van der Waals surface area contributed by atoms with Crippen LogP contribution in [0.5, 0.6) is 0 Å². The molecular weight excluding hydrogens is 586 g/mol. The maximum Gasteiger partial charge on any atom is 0.408 e. The molecule has 0 aliphatic heterocycles. The number of tetrazole rings is 1. The Morgan fingerprint density at radius 3 is 2.32 bits per heavy atom. The van der Waals surface area contributed by atoms with Gasteiger partial charge in [-0.05, 0) is 49.1 Å². The van der Waals surface area contributed by atoms with Crippen molar-refractivity contribution in [2.45, 2.75) is 88.9 Å². The van der Waals surface area contributed by atoms with Gasteiger partial charge in [-0.25, -0.2) is 14.5 Å². The number of hydrogen-bond donors (Lipinski definition) is 5. The number of carbonyl (C=O) groups excluding carboxylic acids is 3. The van der Waals surface area contributed by atoms with E-state index in [1.807, 2.05) is 44.2 Å². The Kier molecular flexibility index (Phi) is 12.7. The molecule has 0 aliphatic rings. The molecule has 14 nitrogen and oxygen atoms in total. The molecule has 0 saturated carbocycles. The summed E-state index contributed by atoms with van der Waals surface area (Å²) in [5, 5.41) is 31.4. The first-order valence-corrected chi connectivity index (χ1v) is 15.4. The van der Waals surface area contributed by atoms with Gasteiger partial charge >= 0.3 is 6.09 Å². The van der Waals surface area contributed by atoms with Crippen molar-refractivity contribution in [3.8, 4) is 0 Å². The zero-order valence-corrected chi connectivity index (χ0v) is 26.8. The number of aliphatic hydroxyl groups is 1. The molecule has 15 heteroatoms. The topological polar surface area (TPSA) is 189 Å². The summed E-state index contributed by atoms with van der Waals surface area (Å²) < 4.78 is 6.90. The molecule has 0 spiro atoms. The largest absolute Gasteiger partial charge is 0.444 e. The minimum atomic E-state index is -1.04. The van der Waals surface area contributed by atoms with E-state index in [1.165, 1.54) is 22.8 Å². The molecular formula is C29H43N9O5S. The number of aromatic amines is 1. The third-order valence-electron chi connectivity index (χ3n) is 6.38. The average Bonchev–Trinajstić information content (AvgIpc) is 3.61. The van der Waals surface area contributed by atoms with Crippen LogP contribution in [0.4, 0.5) is 4.79 Å². The van der Waals surface area contributed by atoms with E-state index in [1.54, 1.807) is 34.0 Å². The first kappa shape index (κ1) is 34.5. The van der Waals surface area contributed by atoms with Gasteiger partial charge in [-0.15, -0.1) is 5.10 Å². The molecule has 3 aromatic rings. The fourth-order valence-corrected chi connectivity index (χ4v) is 5.20. The first-order chi connectivity index (χ1) is 20.8. The molecule has 1 aromatic carbocycles. The van der Waals surface area contributed by atoms with Crippen LogP contribution in [-0.4, -0.2) is 88.8 Å². The van der Waals surface area contributed by atoms with Crippen molar-refractivity contribution < 1.29 is 24.2 Å². The fraction of sp³-hybridized carbons (Fsp3) is 0.552. The summed E-state index contributed by atoms with van der Waals surface area (Å²) >= 11 is 1.27. The van der Waals surface area contributed by atoms with Gasteiger partial charge in [-0.3, -0.25) is 9.59 Å². The molecule has 0 saturated heterocycles. The summed E-state index contributed by atoms with van der Waals surface area (Å²) in [5.41, 5.74) is 0.667. The molecule has 1 unspecified atom stereocenters. The van der Waals surface area contributed by atoms with E-state index in [0.29, 0.717) is 17.3 Å².